The van der Waals surface area contributed by atoms with Crippen LogP contribution in [0.25, 0.3) is 10.8 Å². The van der Waals surface area contributed by atoms with Crippen LogP contribution in [0, 0.1) is 11.3 Å². The number of hydrogen-bond donors (Lipinski definition) is 0. The fourth-order valence-corrected chi connectivity index (χ4v) is 6.52. The minimum Gasteiger partial charge on any atom is -0.462 e. The van der Waals surface area contributed by atoms with Gasteiger partial charge in [-0.1, -0.05) is 30.3 Å². The molecule has 0 unspecified atom stereocenters. The summed E-state index contributed by atoms with van der Waals surface area (Å²) < 4.78 is 29.9. The zero-order valence-corrected chi connectivity index (χ0v) is 24.1. The number of anilines is 2. The Hall–Kier alpha value is -3.94. The number of ether oxygens (including phenoxy) is 1. The summed E-state index contributed by atoms with van der Waals surface area (Å²) in [6.45, 7) is 4.60. The first-order valence-electron chi connectivity index (χ1n) is 15.8. The number of piperazine rings is 1. The first-order valence-corrected chi connectivity index (χ1v) is 14.7. The maximum absolute atomic E-state index is 12.5. The standard InChI is InChI=1S/C31H35ClN8O2/c1-3-28(41)40-15-14-39(18-22(40)9-11-33)30-24-10-13-38(27-17-34-16-21-6-4-8-25(32)29(21)27)19-26(24)35-31(36-30)42-20-23-7-5-12-37(23)2/h3-4,6,8,16-17,22-23H,1,5,7,9-10,12-15,18-20H2,2H3/t22-,23-/m0/s1/i2D3. The molecule has 5 heterocycles. The monoisotopic (exact) mass is 589 g/mol. The number of pyridine rings is 1. The van der Waals surface area contributed by atoms with Crippen molar-refractivity contribution in [2.45, 2.75) is 44.3 Å². The molecule has 2 fully saturated rings. The molecule has 218 valence electrons. The Morgan fingerprint density at radius 3 is 2.98 bits per heavy atom. The highest BCUT2D eigenvalue weighted by Crippen LogP contribution is 2.37. The van der Waals surface area contributed by atoms with Gasteiger partial charge in [0.1, 0.15) is 12.4 Å². The number of benzene rings is 1. The molecular weight excluding hydrogens is 552 g/mol. The molecule has 3 aromatic rings. The highest BCUT2D eigenvalue weighted by molar-refractivity contribution is 6.36. The Labute approximate surface area is 255 Å². The van der Waals surface area contributed by atoms with Gasteiger partial charge in [0, 0.05) is 58.9 Å². The average molecular weight is 590 g/mol. The first-order chi connectivity index (χ1) is 21.7. The Kier molecular flexibility index (Phi) is 7.11. The normalized spacial score (nSPS) is 22.2. The van der Waals surface area contributed by atoms with Crippen LogP contribution >= 0.6 is 11.6 Å². The molecular formula is C31H35ClN8O2. The van der Waals surface area contributed by atoms with E-state index in [2.05, 4.69) is 27.4 Å². The van der Waals surface area contributed by atoms with E-state index in [1.807, 2.05) is 24.4 Å². The van der Waals surface area contributed by atoms with Crippen LogP contribution in [-0.4, -0.2) is 89.0 Å². The number of carbonyl (C=O) groups excluding carboxylic acids is 1. The topological polar surface area (TPSA) is 102 Å². The Morgan fingerprint density at radius 1 is 1.24 bits per heavy atom. The average Bonchev–Trinajstić information content (AvgIpc) is 3.53. The van der Waals surface area contributed by atoms with Gasteiger partial charge >= 0.3 is 6.01 Å². The lowest BCUT2D eigenvalue weighted by Crippen LogP contribution is -2.55. The largest absolute Gasteiger partial charge is 0.462 e. The molecule has 3 aliphatic rings. The van der Waals surface area contributed by atoms with Crippen molar-refractivity contribution < 1.29 is 13.6 Å². The Balaban J connectivity index is 1.34. The van der Waals surface area contributed by atoms with Gasteiger partial charge in [0.2, 0.25) is 5.91 Å². The molecule has 6 rings (SSSR count). The van der Waals surface area contributed by atoms with Crippen molar-refractivity contribution in [3.63, 3.8) is 0 Å². The van der Waals surface area contributed by atoms with Crippen LogP contribution in [0.1, 0.15) is 34.6 Å². The lowest BCUT2D eigenvalue weighted by molar-refractivity contribution is -0.128. The molecule has 0 aliphatic carbocycles. The van der Waals surface area contributed by atoms with Crippen molar-refractivity contribution in [3.8, 4) is 12.1 Å². The minimum atomic E-state index is -2.20. The molecule has 2 saturated heterocycles. The third-order valence-electron chi connectivity index (χ3n) is 8.42. The second kappa shape index (κ2) is 12.1. The number of nitrogens with zero attached hydrogens (tertiary/aromatic N) is 8. The van der Waals surface area contributed by atoms with Crippen LogP contribution in [-0.2, 0) is 17.8 Å². The molecule has 1 amide bonds. The fourth-order valence-electron chi connectivity index (χ4n) is 6.25. The predicted octanol–water partition coefficient (Wildman–Crippen LogP) is 3.83. The minimum absolute atomic E-state index is 0.155. The molecule has 3 aliphatic heterocycles. The number of fused-ring (bicyclic) bond motifs is 2. The van der Waals surface area contributed by atoms with Gasteiger partial charge in [-0.05, 0) is 44.9 Å². The third kappa shape index (κ3) is 5.46. The zero-order chi connectivity index (χ0) is 31.7. The van der Waals surface area contributed by atoms with E-state index in [1.54, 1.807) is 11.1 Å². The van der Waals surface area contributed by atoms with Gasteiger partial charge in [-0.2, -0.15) is 15.2 Å². The molecule has 42 heavy (non-hydrogen) atoms. The lowest BCUT2D eigenvalue weighted by Gasteiger charge is -2.42. The van der Waals surface area contributed by atoms with E-state index in [0.717, 1.165) is 40.0 Å². The van der Waals surface area contributed by atoms with Crippen LogP contribution in [0.5, 0.6) is 6.01 Å². The Bertz CT molecular complexity index is 1640. The summed E-state index contributed by atoms with van der Waals surface area (Å²) in [7, 11) is 0. The number of hydrogen-bond acceptors (Lipinski definition) is 9. The van der Waals surface area contributed by atoms with Crippen molar-refractivity contribution in [2.24, 2.45) is 0 Å². The first kappa shape index (κ1) is 24.6. The smallest absolute Gasteiger partial charge is 0.318 e. The second-order valence-electron chi connectivity index (χ2n) is 10.9. The summed E-state index contributed by atoms with van der Waals surface area (Å²) in [5, 5.41) is 12.0. The summed E-state index contributed by atoms with van der Waals surface area (Å²) >= 11 is 6.66. The van der Waals surface area contributed by atoms with Crippen LogP contribution in [0.15, 0.2) is 43.2 Å². The number of nitriles is 1. The third-order valence-corrected chi connectivity index (χ3v) is 8.74. The van der Waals surface area contributed by atoms with Crippen LogP contribution in [0.2, 0.25) is 5.02 Å². The van der Waals surface area contributed by atoms with E-state index in [0.29, 0.717) is 57.1 Å². The maximum atomic E-state index is 12.5. The Morgan fingerprint density at radius 2 is 2.14 bits per heavy atom. The van der Waals surface area contributed by atoms with E-state index in [-0.39, 0.29) is 37.0 Å². The molecule has 1 aromatic carbocycles. The number of carbonyl (C=O) groups is 1. The van der Waals surface area contributed by atoms with Crippen LogP contribution in [0.4, 0.5) is 11.5 Å². The second-order valence-corrected chi connectivity index (χ2v) is 11.3. The highest BCUT2D eigenvalue weighted by Gasteiger charge is 2.34. The van der Waals surface area contributed by atoms with Crippen LogP contribution in [0.3, 0.4) is 0 Å². The summed E-state index contributed by atoms with van der Waals surface area (Å²) in [5.74, 6) is 0.522. The summed E-state index contributed by atoms with van der Waals surface area (Å²) in [6.07, 6.45) is 7.24. The van der Waals surface area contributed by atoms with Crippen molar-refractivity contribution in [1.29, 1.82) is 5.26 Å². The molecule has 2 aromatic heterocycles. The number of rotatable bonds is 7. The van der Waals surface area contributed by atoms with E-state index < -0.39 is 6.98 Å². The SMILES string of the molecule is [2H]C([2H])([2H])N1CCC[C@H]1COc1nc2c(c(N3CCN(C(=O)C=C)[C@@H](CC#N)C3)n1)CCN(c1cncc3cccc(Cl)c13)C2. The highest BCUT2D eigenvalue weighted by atomic mass is 35.5. The van der Waals surface area contributed by atoms with E-state index in [1.165, 1.54) is 11.0 Å². The van der Waals surface area contributed by atoms with Crippen molar-refractivity contribution >= 4 is 39.8 Å². The molecule has 11 heteroatoms. The van der Waals surface area contributed by atoms with Gasteiger partial charge in [-0.25, -0.2) is 0 Å². The van der Waals surface area contributed by atoms with E-state index in [4.69, 9.17) is 30.4 Å². The predicted molar refractivity (Wildman–Crippen MR) is 163 cm³/mol. The number of amides is 1. The maximum Gasteiger partial charge on any atom is 0.318 e. The molecule has 10 nitrogen and oxygen atoms in total. The number of aromatic nitrogens is 3. The lowest BCUT2D eigenvalue weighted by atomic mass is 10.0. The zero-order valence-electron chi connectivity index (χ0n) is 26.4. The van der Waals surface area contributed by atoms with Gasteiger partial charge in [0.15, 0.2) is 0 Å². The molecule has 0 bridgehead atoms. The van der Waals surface area contributed by atoms with E-state index in [9.17, 15) is 10.1 Å². The van der Waals surface area contributed by atoms with Gasteiger partial charge in [-0.3, -0.25) is 9.78 Å². The summed E-state index contributed by atoms with van der Waals surface area (Å²) in [6, 6.07) is 7.57. The van der Waals surface area contributed by atoms with Crippen molar-refractivity contribution in [3.05, 3.63) is 59.5 Å². The van der Waals surface area contributed by atoms with E-state index >= 15 is 0 Å². The van der Waals surface area contributed by atoms with Gasteiger partial charge in [0.25, 0.3) is 0 Å². The van der Waals surface area contributed by atoms with Crippen molar-refractivity contribution in [1.82, 2.24) is 24.8 Å². The molecule has 0 N–H and O–H groups in total. The number of likely N-dealkylation sites (tertiary alicyclic amines) is 1. The van der Waals surface area contributed by atoms with Gasteiger partial charge in [0.05, 0.1) is 47.7 Å². The molecule has 0 spiro atoms. The van der Waals surface area contributed by atoms with Gasteiger partial charge < -0.3 is 24.3 Å². The van der Waals surface area contributed by atoms with Crippen molar-refractivity contribution in [2.75, 3.05) is 56.1 Å². The molecule has 0 saturated carbocycles. The fraction of sp³-hybridized carbons (Fsp3) is 0.452. The molecule has 2 atom stereocenters. The molecule has 0 radical (unpaired) electrons. The van der Waals surface area contributed by atoms with Crippen LogP contribution < -0.4 is 14.5 Å². The summed E-state index contributed by atoms with van der Waals surface area (Å²) in [4.78, 5) is 34.3. The quantitative estimate of drug-likeness (QED) is 0.380. The number of likely N-dealkylation sites (N-methyl/N-ethyl adjacent to an activating group) is 1. The summed E-state index contributed by atoms with van der Waals surface area (Å²) in [5.41, 5.74) is 2.70. The number of halogens is 1. The van der Waals surface area contributed by atoms with Gasteiger partial charge in [-0.15, -0.1) is 0 Å².